The Hall–Kier alpha value is -2.74. The number of thiophene rings is 1. The van der Waals surface area contributed by atoms with Crippen LogP contribution in [0.2, 0.25) is 0 Å². The first-order valence-corrected chi connectivity index (χ1v) is 9.70. The van der Waals surface area contributed by atoms with E-state index >= 15 is 0 Å². The first-order valence-electron chi connectivity index (χ1n) is 8.82. The smallest absolute Gasteiger partial charge is 0.252 e. The Kier molecular flexibility index (Phi) is 4.22. The van der Waals surface area contributed by atoms with Crippen LogP contribution in [0.3, 0.4) is 0 Å². The largest absolute Gasteiger partial charge is 0.443 e. The summed E-state index contributed by atoms with van der Waals surface area (Å²) in [5, 5.41) is 10.4. The van der Waals surface area contributed by atoms with E-state index in [4.69, 9.17) is 9.40 Å². The Bertz CT molecular complexity index is 1150. The molecule has 1 atom stereocenters. The number of hydrogen-bond acceptors (Lipinski definition) is 6. The van der Waals surface area contributed by atoms with Crippen LogP contribution in [0.5, 0.6) is 0 Å². The van der Waals surface area contributed by atoms with Crippen LogP contribution in [-0.4, -0.2) is 25.5 Å². The molecule has 4 aromatic rings. The van der Waals surface area contributed by atoms with Gasteiger partial charge in [-0.3, -0.25) is 4.79 Å². The van der Waals surface area contributed by atoms with Crippen molar-refractivity contribution in [1.82, 2.24) is 24.9 Å². The molecule has 0 saturated carbocycles. The maximum absolute atomic E-state index is 12.6. The first kappa shape index (κ1) is 17.7. The highest BCUT2D eigenvalue weighted by Crippen LogP contribution is 2.28. The van der Waals surface area contributed by atoms with E-state index in [0.29, 0.717) is 22.7 Å². The second kappa shape index (κ2) is 6.45. The molecule has 0 spiro atoms. The molecule has 7 nitrogen and oxygen atoms in total. The molecule has 0 fully saturated rings. The Labute approximate surface area is 160 Å². The number of amides is 1. The summed E-state index contributed by atoms with van der Waals surface area (Å²) in [7, 11) is 0. The van der Waals surface area contributed by atoms with E-state index in [1.165, 1.54) is 0 Å². The quantitative estimate of drug-likeness (QED) is 0.576. The summed E-state index contributed by atoms with van der Waals surface area (Å²) >= 11 is 1.56. The molecular weight excluding hydrogens is 362 g/mol. The molecule has 0 radical (unpaired) electrons. The number of aromatic nitrogens is 4. The number of fused-ring (bicyclic) bond motifs is 3. The average molecular weight is 383 g/mol. The van der Waals surface area contributed by atoms with Gasteiger partial charge in [-0.2, -0.15) is 0 Å². The van der Waals surface area contributed by atoms with E-state index in [2.05, 4.69) is 15.4 Å². The summed E-state index contributed by atoms with van der Waals surface area (Å²) in [5.41, 5.74) is 2.91. The van der Waals surface area contributed by atoms with Crippen molar-refractivity contribution in [1.29, 1.82) is 0 Å². The van der Waals surface area contributed by atoms with Crippen LogP contribution in [0.4, 0.5) is 0 Å². The van der Waals surface area contributed by atoms with Gasteiger partial charge in [0, 0.05) is 15.8 Å². The van der Waals surface area contributed by atoms with Crippen molar-refractivity contribution in [3.63, 3.8) is 0 Å². The van der Waals surface area contributed by atoms with E-state index in [1.54, 1.807) is 22.2 Å². The van der Waals surface area contributed by atoms with Gasteiger partial charge in [-0.05, 0) is 32.8 Å². The Morgan fingerprint density at radius 2 is 2.07 bits per heavy atom. The lowest BCUT2D eigenvalue weighted by atomic mass is 10.0. The predicted molar refractivity (Wildman–Crippen MR) is 104 cm³/mol. The topological polar surface area (TPSA) is 85.3 Å². The summed E-state index contributed by atoms with van der Waals surface area (Å²) in [5.74, 6) is 1.40. The minimum absolute atomic E-state index is 0.115. The molecule has 4 aromatic heterocycles. The zero-order valence-corrected chi connectivity index (χ0v) is 16.7. The van der Waals surface area contributed by atoms with E-state index < -0.39 is 0 Å². The number of furan rings is 1. The van der Waals surface area contributed by atoms with Gasteiger partial charge in [-0.15, -0.1) is 16.4 Å². The normalized spacial score (nSPS) is 13.0. The minimum atomic E-state index is -0.305. The van der Waals surface area contributed by atoms with E-state index in [0.717, 1.165) is 21.6 Å². The van der Waals surface area contributed by atoms with Gasteiger partial charge in [0.2, 0.25) is 5.71 Å². The van der Waals surface area contributed by atoms with Crippen LogP contribution >= 0.6 is 11.3 Å². The molecule has 0 aliphatic carbocycles. The van der Waals surface area contributed by atoms with Gasteiger partial charge in [0.1, 0.15) is 12.1 Å². The van der Waals surface area contributed by atoms with Crippen molar-refractivity contribution >= 4 is 34.0 Å². The molecule has 1 amide bonds. The van der Waals surface area contributed by atoms with Gasteiger partial charge in [0.15, 0.2) is 11.5 Å². The lowest BCUT2D eigenvalue weighted by Gasteiger charge is -2.19. The predicted octanol–water partition coefficient (Wildman–Crippen LogP) is 3.98. The van der Waals surface area contributed by atoms with Gasteiger partial charge >= 0.3 is 0 Å². The monoisotopic (exact) mass is 383 g/mol. The maximum Gasteiger partial charge on any atom is 0.252 e. The van der Waals surface area contributed by atoms with Crippen LogP contribution in [0.25, 0.3) is 16.7 Å². The fourth-order valence-electron chi connectivity index (χ4n) is 3.11. The Morgan fingerprint density at radius 1 is 1.30 bits per heavy atom. The third kappa shape index (κ3) is 2.99. The summed E-state index contributed by atoms with van der Waals surface area (Å²) in [6.07, 6.45) is 1.60. The lowest BCUT2D eigenvalue weighted by molar-refractivity contribution is 0.0923. The molecular formula is C19H21N5O2S. The molecule has 8 heteroatoms. The van der Waals surface area contributed by atoms with Crippen molar-refractivity contribution in [2.45, 2.75) is 40.7 Å². The second-order valence-electron chi connectivity index (χ2n) is 7.09. The minimum Gasteiger partial charge on any atom is -0.443 e. The third-order valence-electron chi connectivity index (χ3n) is 4.75. The molecule has 27 heavy (non-hydrogen) atoms. The zero-order valence-electron chi connectivity index (χ0n) is 15.9. The molecule has 0 aliphatic rings. The summed E-state index contributed by atoms with van der Waals surface area (Å²) in [6, 6.07) is 1.58. The fraction of sp³-hybridized carbons (Fsp3) is 0.368. The van der Waals surface area contributed by atoms with Crippen LogP contribution in [0.15, 0.2) is 22.2 Å². The van der Waals surface area contributed by atoms with Crippen LogP contribution in [0.1, 0.15) is 52.3 Å². The summed E-state index contributed by atoms with van der Waals surface area (Å²) in [4.78, 5) is 22.8. The molecule has 0 bridgehead atoms. The molecule has 0 aromatic carbocycles. The van der Waals surface area contributed by atoms with Crippen LogP contribution < -0.4 is 5.32 Å². The van der Waals surface area contributed by atoms with Crippen molar-refractivity contribution in [2.24, 2.45) is 5.92 Å². The highest BCUT2D eigenvalue weighted by atomic mass is 32.1. The van der Waals surface area contributed by atoms with Crippen LogP contribution in [0, 0.1) is 26.7 Å². The fourth-order valence-corrected chi connectivity index (χ4v) is 3.79. The van der Waals surface area contributed by atoms with Gasteiger partial charge in [0.25, 0.3) is 5.91 Å². The Morgan fingerprint density at radius 3 is 2.74 bits per heavy atom. The van der Waals surface area contributed by atoms with Crippen LogP contribution in [-0.2, 0) is 0 Å². The number of hydrogen-bond donors (Lipinski definition) is 1. The second-order valence-corrected chi connectivity index (χ2v) is 8.20. The molecule has 4 rings (SSSR count). The number of nitrogens with zero attached hydrogens (tertiary/aromatic N) is 4. The van der Waals surface area contributed by atoms with Gasteiger partial charge < -0.3 is 9.73 Å². The van der Waals surface area contributed by atoms with E-state index in [1.807, 2.05) is 46.1 Å². The average Bonchev–Trinajstić information content (AvgIpc) is 3.30. The van der Waals surface area contributed by atoms with Crippen molar-refractivity contribution in [3.05, 3.63) is 45.4 Å². The lowest BCUT2D eigenvalue weighted by Crippen LogP contribution is -2.32. The number of carbonyl (C=O) groups excluding carboxylic acids is 1. The highest BCUT2D eigenvalue weighted by Gasteiger charge is 2.25. The van der Waals surface area contributed by atoms with Crippen molar-refractivity contribution < 1.29 is 9.21 Å². The highest BCUT2D eigenvalue weighted by molar-refractivity contribution is 7.10. The summed E-state index contributed by atoms with van der Waals surface area (Å²) in [6.45, 7) is 9.95. The zero-order chi connectivity index (χ0) is 19.3. The molecule has 0 aliphatic heterocycles. The molecule has 1 N–H and O–H groups in total. The van der Waals surface area contributed by atoms with Crippen molar-refractivity contribution in [2.75, 3.05) is 0 Å². The molecule has 0 saturated heterocycles. The molecule has 4 heterocycles. The number of rotatable bonds is 4. The number of aryl methyl sites for hydroxylation is 3. The first-order chi connectivity index (χ1) is 12.8. The van der Waals surface area contributed by atoms with Gasteiger partial charge in [0.05, 0.1) is 17.0 Å². The number of nitrogens with one attached hydrogen (secondary N) is 1. The number of carbonyl (C=O) groups is 1. The standard InChI is InChI=1S/C19H21N5O2S/c1-9(2)15(21-18(25)13-6-10(3)27-7-13)16-22-17-14-11(4)12(5)26-19(14)20-8-24(17)23-16/h6-9,15H,1-5H3,(H,21,25)/t15-/m1/s1. The van der Waals surface area contributed by atoms with Gasteiger partial charge in [-0.1, -0.05) is 13.8 Å². The van der Waals surface area contributed by atoms with Gasteiger partial charge in [-0.25, -0.2) is 14.5 Å². The Balaban J connectivity index is 1.75. The summed E-state index contributed by atoms with van der Waals surface area (Å²) < 4.78 is 7.34. The van der Waals surface area contributed by atoms with E-state index in [-0.39, 0.29) is 17.9 Å². The van der Waals surface area contributed by atoms with Crippen molar-refractivity contribution in [3.8, 4) is 0 Å². The third-order valence-corrected chi connectivity index (χ3v) is 5.61. The van der Waals surface area contributed by atoms with E-state index in [9.17, 15) is 4.79 Å². The molecule has 140 valence electrons. The molecule has 0 unspecified atom stereocenters. The maximum atomic E-state index is 12.6. The SMILES string of the molecule is Cc1cc(C(=O)N[C@@H](c2nc3c4c(C)c(C)oc4ncn3n2)C(C)C)cs1.